The van der Waals surface area contributed by atoms with Crippen LogP contribution in [-0.4, -0.2) is 0 Å². The van der Waals surface area contributed by atoms with Gasteiger partial charge in [0.05, 0.1) is 5.69 Å². The first-order valence-electron chi connectivity index (χ1n) is 19.8. The quantitative estimate of drug-likeness (QED) is 0.137. The highest BCUT2D eigenvalue weighted by molar-refractivity contribution is 7.26. The predicted octanol–water partition coefficient (Wildman–Crippen LogP) is 15.6. The molecule has 57 heavy (non-hydrogen) atoms. The Labute approximate surface area is 340 Å². The summed E-state index contributed by atoms with van der Waals surface area (Å²) in [6, 6.07) is 75.0. The molecule has 0 aliphatic heterocycles. The molecule has 3 heteroatoms. The van der Waals surface area contributed by atoms with Crippen molar-refractivity contribution in [3.8, 4) is 0 Å². The second-order valence-corrected chi connectivity index (χ2v) is 16.9. The molecular weight excluding hydrogens is 709 g/mol. The number of anilines is 6. The lowest BCUT2D eigenvalue weighted by Gasteiger charge is -2.29. The van der Waals surface area contributed by atoms with Crippen LogP contribution in [0.25, 0.3) is 20.2 Å². The van der Waals surface area contributed by atoms with E-state index in [0.29, 0.717) is 0 Å². The van der Waals surface area contributed by atoms with Crippen molar-refractivity contribution in [3.05, 3.63) is 229 Å². The predicted molar refractivity (Wildman–Crippen MR) is 246 cm³/mol. The Balaban J connectivity index is 1.13. The van der Waals surface area contributed by atoms with E-state index in [0.717, 1.165) is 28.4 Å². The minimum Gasteiger partial charge on any atom is -0.310 e. The summed E-state index contributed by atoms with van der Waals surface area (Å²) in [4.78, 5) is 4.79. The Kier molecular flexibility index (Phi) is 9.48. The summed E-state index contributed by atoms with van der Waals surface area (Å²) in [6.07, 6.45) is 0. The van der Waals surface area contributed by atoms with Gasteiger partial charge < -0.3 is 9.80 Å². The van der Waals surface area contributed by atoms with Crippen LogP contribution in [0.15, 0.2) is 206 Å². The van der Waals surface area contributed by atoms with E-state index in [4.69, 9.17) is 0 Å². The topological polar surface area (TPSA) is 6.48 Å². The summed E-state index contributed by atoms with van der Waals surface area (Å²) in [7, 11) is 0. The van der Waals surface area contributed by atoms with Crippen molar-refractivity contribution in [1.29, 1.82) is 0 Å². The molecule has 9 aromatic rings. The molecular formula is C54H46N2S. The molecule has 1 heterocycles. The zero-order chi connectivity index (χ0) is 39.0. The van der Waals surface area contributed by atoms with Gasteiger partial charge in [0.2, 0.25) is 0 Å². The van der Waals surface area contributed by atoms with Crippen molar-refractivity contribution in [2.75, 3.05) is 9.80 Å². The number of fused-ring (bicyclic) bond motifs is 3. The maximum Gasteiger partial charge on any atom is 0.0554 e. The highest BCUT2D eigenvalue weighted by Gasteiger charge is 2.26. The van der Waals surface area contributed by atoms with Crippen molar-refractivity contribution in [1.82, 2.24) is 0 Å². The number of hydrogen-bond donors (Lipinski definition) is 0. The number of rotatable bonds is 10. The summed E-state index contributed by atoms with van der Waals surface area (Å²) in [5, 5.41) is 2.52. The Morgan fingerprint density at radius 2 is 0.737 bits per heavy atom. The van der Waals surface area contributed by atoms with Gasteiger partial charge in [-0.3, -0.25) is 0 Å². The Hall–Kier alpha value is -6.42. The first-order valence-corrected chi connectivity index (χ1v) is 20.6. The number of hydrogen-bond acceptors (Lipinski definition) is 3. The van der Waals surface area contributed by atoms with Gasteiger partial charge in [-0.1, -0.05) is 161 Å². The van der Waals surface area contributed by atoms with Crippen LogP contribution in [0, 0.1) is 0 Å². The molecule has 2 nitrogen and oxygen atoms in total. The van der Waals surface area contributed by atoms with Gasteiger partial charge in [-0.15, -0.1) is 11.3 Å². The minimum absolute atomic E-state index is 0.112. The lowest BCUT2D eigenvalue weighted by atomic mass is 9.78. The average Bonchev–Trinajstić information content (AvgIpc) is 3.64. The number of nitrogens with zero attached hydrogens (tertiary/aromatic N) is 2. The van der Waals surface area contributed by atoms with Gasteiger partial charge in [-0.25, -0.2) is 0 Å². The lowest BCUT2D eigenvalue weighted by Crippen LogP contribution is -2.19. The zero-order valence-corrected chi connectivity index (χ0v) is 33.7. The maximum atomic E-state index is 2.41. The molecule has 0 amide bonds. The Morgan fingerprint density at radius 1 is 0.333 bits per heavy atom. The molecule has 9 rings (SSSR count). The molecule has 0 unspecified atom stereocenters. The smallest absolute Gasteiger partial charge is 0.0554 e. The fraction of sp³-hybridized carbons (Fsp3) is 0.111. The van der Waals surface area contributed by atoms with Gasteiger partial charge in [-0.05, 0) is 95.1 Å². The Morgan fingerprint density at radius 3 is 1.25 bits per heavy atom. The van der Waals surface area contributed by atoms with E-state index in [1.807, 2.05) is 11.3 Å². The maximum absolute atomic E-state index is 2.41. The van der Waals surface area contributed by atoms with Crippen LogP contribution in [0.1, 0.15) is 49.9 Å². The van der Waals surface area contributed by atoms with Gasteiger partial charge >= 0.3 is 0 Å². The largest absolute Gasteiger partial charge is 0.310 e. The fourth-order valence-corrected chi connectivity index (χ4v) is 9.41. The summed E-state index contributed by atoms with van der Waals surface area (Å²) >= 11 is 1.86. The molecule has 0 aliphatic rings. The van der Waals surface area contributed by atoms with E-state index >= 15 is 0 Å². The molecule has 0 radical (unpaired) electrons. The second-order valence-electron chi connectivity index (χ2n) is 15.9. The third-order valence-electron chi connectivity index (χ3n) is 11.7. The number of para-hydroxylation sites is 2. The zero-order valence-electron chi connectivity index (χ0n) is 32.9. The van der Waals surface area contributed by atoms with Crippen LogP contribution in [0.2, 0.25) is 0 Å². The number of benzene rings is 8. The molecule has 1 aromatic heterocycles. The Bertz CT molecular complexity index is 2750. The molecule has 0 spiro atoms. The number of thiophene rings is 1. The van der Waals surface area contributed by atoms with E-state index in [1.165, 1.54) is 48.1 Å². The van der Waals surface area contributed by atoms with E-state index in [-0.39, 0.29) is 10.8 Å². The van der Waals surface area contributed by atoms with Crippen LogP contribution < -0.4 is 9.80 Å². The van der Waals surface area contributed by atoms with Gasteiger partial charge in [0.15, 0.2) is 0 Å². The van der Waals surface area contributed by atoms with Crippen molar-refractivity contribution >= 4 is 65.6 Å². The SMILES string of the molecule is CC(C)(c1ccccc1)c1ccc(N(c2ccccc2)c2ccc3c(c2)sc2cccc(N(c4ccccc4)c4ccc(C(C)(C)c5ccccc5)cc4)c23)cc1. The molecule has 0 saturated heterocycles. The molecule has 278 valence electrons. The summed E-state index contributed by atoms with van der Waals surface area (Å²) < 4.78 is 2.52. The van der Waals surface area contributed by atoms with E-state index < -0.39 is 0 Å². The van der Waals surface area contributed by atoms with Crippen LogP contribution in [0.3, 0.4) is 0 Å². The summed E-state index contributed by atoms with van der Waals surface area (Å²) in [5.41, 5.74) is 11.8. The third-order valence-corrected chi connectivity index (χ3v) is 12.8. The molecule has 0 bridgehead atoms. The first-order chi connectivity index (χ1) is 27.8. The van der Waals surface area contributed by atoms with Crippen LogP contribution in [-0.2, 0) is 10.8 Å². The van der Waals surface area contributed by atoms with Gasteiger partial charge in [0.1, 0.15) is 0 Å². The molecule has 0 atom stereocenters. The molecule has 0 saturated carbocycles. The molecule has 0 N–H and O–H groups in total. The van der Waals surface area contributed by atoms with Crippen molar-refractivity contribution in [3.63, 3.8) is 0 Å². The van der Waals surface area contributed by atoms with Crippen LogP contribution >= 0.6 is 11.3 Å². The van der Waals surface area contributed by atoms with Gasteiger partial charge in [-0.2, -0.15) is 0 Å². The van der Waals surface area contributed by atoms with E-state index in [9.17, 15) is 0 Å². The normalized spacial score (nSPS) is 11.9. The van der Waals surface area contributed by atoms with Crippen LogP contribution in [0.5, 0.6) is 0 Å². The van der Waals surface area contributed by atoms with Crippen molar-refractivity contribution in [2.45, 2.75) is 38.5 Å². The lowest BCUT2D eigenvalue weighted by molar-refractivity contribution is 0.641. The highest BCUT2D eigenvalue weighted by atomic mass is 32.1. The van der Waals surface area contributed by atoms with Gasteiger partial charge in [0.25, 0.3) is 0 Å². The molecule has 8 aromatic carbocycles. The van der Waals surface area contributed by atoms with Crippen molar-refractivity contribution < 1.29 is 0 Å². The molecule has 0 aliphatic carbocycles. The first kappa shape index (κ1) is 36.2. The summed E-state index contributed by atoms with van der Waals surface area (Å²) in [6.45, 7) is 9.21. The van der Waals surface area contributed by atoms with Crippen molar-refractivity contribution in [2.24, 2.45) is 0 Å². The van der Waals surface area contributed by atoms with Crippen LogP contribution in [0.4, 0.5) is 34.1 Å². The monoisotopic (exact) mass is 754 g/mol. The summed E-state index contributed by atoms with van der Waals surface area (Å²) in [5.74, 6) is 0. The van der Waals surface area contributed by atoms with Gasteiger partial charge in [0, 0.05) is 59.4 Å². The van der Waals surface area contributed by atoms with E-state index in [1.54, 1.807) is 0 Å². The second kappa shape index (κ2) is 14.9. The highest BCUT2D eigenvalue weighted by Crippen LogP contribution is 2.47. The molecule has 0 fully saturated rings. The fourth-order valence-electron chi connectivity index (χ4n) is 8.25. The third kappa shape index (κ3) is 6.79. The standard InChI is InChI=1S/C54H46N2S/c1-53(2,39-18-9-5-10-19-39)41-28-32-45(33-29-41)55(43-22-13-7-14-23-43)47-36-37-48-51(38-47)57-50-27-17-26-49(52(48)50)56(44-24-15-8-16-25-44)46-34-30-42(31-35-46)54(3,4)40-20-11-6-12-21-40/h5-38H,1-4H3. The minimum atomic E-state index is -0.118. The average molecular weight is 755 g/mol. The van der Waals surface area contributed by atoms with E-state index in [2.05, 4.69) is 244 Å².